The van der Waals surface area contributed by atoms with Crippen LogP contribution in [0.5, 0.6) is 0 Å². The Kier molecular flexibility index (Phi) is 2.97. The molecular weight excluding hydrogens is 146 g/mol. The first-order chi connectivity index (χ1) is 4.88. The van der Waals surface area contributed by atoms with Gasteiger partial charge in [0.25, 0.3) is 0 Å². The van der Waals surface area contributed by atoms with Crippen molar-refractivity contribution in [1.29, 1.82) is 0 Å². The van der Waals surface area contributed by atoms with Gasteiger partial charge in [0, 0.05) is 5.25 Å². The van der Waals surface area contributed by atoms with Crippen molar-refractivity contribution in [3.63, 3.8) is 0 Å². The molecule has 0 amide bonds. The van der Waals surface area contributed by atoms with Crippen LogP contribution in [0.25, 0.3) is 0 Å². The van der Waals surface area contributed by atoms with Crippen LogP contribution in [-0.4, -0.2) is 23.6 Å². The summed E-state index contributed by atoms with van der Waals surface area (Å²) in [5.41, 5.74) is 0. The van der Waals surface area contributed by atoms with Gasteiger partial charge in [0.05, 0.1) is 6.04 Å². The van der Waals surface area contributed by atoms with E-state index < -0.39 is 0 Å². The maximum absolute atomic E-state index is 9.92. The van der Waals surface area contributed by atoms with E-state index in [0.29, 0.717) is 5.25 Å². The lowest BCUT2D eigenvalue weighted by Crippen LogP contribution is -2.12. The van der Waals surface area contributed by atoms with Crippen molar-refractivity contribution < 1.29 is 4.79 Å². The molecule has 2 unspecified atom stereocenters. The molecule has 1 fully saturated rings. The first-order valence-electron chi connectivity index (χ1n) is 3.48. The highest BCUT2D eigenvalue weighted by atomic mass is 32.2. The fourth-order valence-electron chi connectivity index (χ4n) is 1.40. The first kappa shape index (κ1) is 7.83. The van der Waals surface area contributed by atoms with Crippen molar-refractivity contribution in [1.82, 2.24) is 0 Å². The summed E-state index contributed by atoms with van der Waals surface area (Å²) in [4.78, 5) is 13.7. The molecule has 1 rings (SSSR count). The maximum Gasteiger partial charge on any atom is 0.235 e. The van der Waals surface area contributed by atoms with Crippen molar-refractivity contribution in [2.75, 3.05) is 6.26 Å². The quantitative estimate of drug-likeness (QED) is 0.450. The average molecular weight is 157 g/mol. The van der Waals surface area contributed by atoms with Crippen molar-refractivity contribution >= 4 is 17.8 Å². The Morgan fingerprint density at radius 1 is 1.60 bits per heavy atom. The second-order valence-electron chi connectivity index (χ2n) is 2.49. The molecule has 0 spiro atoms. The lowest BCUT2D eigenvalue weighted by atomic mass is 10.3. The third kappa shape index (κ3) is 1.61. The fourth-order valence-corrected chi connectivity index (χ4v) is 2.31. The molecule has 1 aliphatic rings. The highest BCUT2D eigenvalue weighted by molar-refractivity contribution is 7.99. The second-order valence-corrected chi connectivity index (χ2v) is 3.57. The molecule has 1 aliphatic carbocycles. The van der Waals surface area contributed by atoms with Crippen LogP contribution in [0.15, 0.2) is 4.99 Å². The van der Waals surface area contributed by atoms with Crippen LogP contribution in [0.1, 0.15) is 19.3 Å². The molecule has 1 saturated carbocycles. The Hall–Kier alpha value is -0.270. The molecule has 0 saturated heterocycles. The van der Waals surface area contributed by atoms with Crippen LogP contribution in [0.2, 0.25) is 0 Å². The average Bonchev–Trinajstić information content (AvgIpc) is 2.36. The SMILES string of the molecule is CSC1CCCC1N=C=O. The predicted molar refractivity (Wildman–Crippen MR) is 43.1 cm³/mol. The predicted octanol–water partition coefficient (Wildman–Crippen LogP) is 1.61. The highest BCUT2D eigenvalue weighted by Crippen LogP contribution is 2.30. The summed E-state index contributed by atoms with van der Waals surface area (Å²) in [5, 5.41) is 0.571. The second kappa shape index (κ2) is 3.79. The molecule has 0 aromatic carbocycles. The minimum atomic E-state index is 0.257. The number of nitrogens with zero attached hydrogens (tertiary/aromatic N) is 1. The van der Waals surface area contributed by atoms with Gasteiger partial charge in [0.1, 0.15) is 0 Å². The van der Waals surface area contributed by atoms with Gasteiger partial charge in [-0.2, -0.15) is 11.8 Å². The zero-order chi connectivity index (χ0) is 7.40. The van der Waals surface area contributed by atoms with Gasteiger partial charge in [-0.1, -0.05) is 6.42 Å². The van der Waals surface area contributed by atoms with E-state index in [1.807, 2.05) is 11.8 Å². The van der Waals surface area contributed by atoms with Crippen molar-refractivity contribution in [2.45, 2.75) is 30.6 Å². The summed E-state index contributed by atoms with van der Waals surface area (Å²) in [6.45, 7) is 0. The molecule has 10 heavy (non-hydrogen) atoms. The fraction of sp³-hybridized carbons (Fsp3) is 0.857. The van der Waals surface area contributed by atoms with Crippen molar-refractivity contribution in [3.05, 3.63) is 0 Å². The van der Waals surface area contributed by atoms with E-state index in [9.17, 15) is 4.79 Å². The number of isocyanates is 1. The van der Waals surface area contributed by atoms with Gasteiger partial charge < -0.3 is 0 Å². The van der Waals surface area contributed by atoms with E-state index in [-0.39, 0.29) is 6.04 Å². The zero-order valence-electron chi connectivity index (χ0n) is 6.04. The van der Waals surface area contributed by atoms with E-state index in [0.717, 1.165) is 6.42 Å². The van der Waals surface area contributed by atoms with E-state index in [2.05, 4.69) is 11.2 Å². The first-order valence-corrected chi connectivity index (χ1v) is 4.77. The van der Waals surface area contributed by atoms with Crippen LogP contribution in [-0.2, 0) is 4.79 Å². The Bertz CT molecular complexity index is 154. The molecule has 0 heterocycles. The molecule has 0 bridgehead atoms. The number of hydrogen-bond acceptors (Lipinski definition) is 3. The van der Waals surface area contributed by atoms with E-state index >= 15 is 0 Å². The van der Waals surface area contributed by atoms with E-state index in [1.165, 1.54) is 12.8 Å². The normalized spacial score (nSPS) is 31.7. The number of rotatable bonds is 2. The molecule has 2 atom stereocenters. The zero-order valence-corrected chi connectivity index (χ0v) is 6.86. The van der Waals surface area contributed by atoms with Gasteiger partial charge in [-0.3, -0.25) is 0 Å². The summed E-state index contributed by atoms with van der Waals surface area (Å²) in [7, 11) is 0. The maximum atomic E-state index is 9.92. The van der Waals surface area contributed by atoms with Crippen LogP contribution >= 0.6 is 11.8 Å². The molecule has 0 aromatic rings. The lowest BCUT2D eigenvalue weighted by Gasteiger charge is -2.09. The Morgan fingerprint density at radius 3 is 3.00 bits per heavy atom. The van der Waals surface area contributed by atoms with E-state index in [1.54, 1.807) is 6.08 Å². The molecular formula is C7H11NOS. The molecule has 0 radical (unpaired) electrons. The van der Waals surface area contributed by atoms with Crippen molar-refractivity contribution in [2.24, 2.45) is 4.99 Å². The molecule has 3 heteroatoms. The third-order valence-electron chi connectivity index (χ3n) is 1.94. The van der Waals surface area contributed by atoms with Gasteiger partial charge in [-0.05, 0) is 19.1 Å². The standard InChI is InChI=1S/C7H11NOS/c1-10-7-4-2-3-6(7)8-5-9/h6-7H,2-4H2,1H3. The van der Waals surface area contributed by atoms with Crippen LogP contribution in [0.4, 0.5) is 0 Å². The lowest BCUT2D eigenvalue weighted by molar-refractivity contribution is 0.557. The summed E-state index contributed by atoms with van der Waals surface area (Å²) in [6, 6.07) is 0.257. The monoisotopic (exact) mass is 157 g/mol. The van der Waals surface area contributed by atoms with Crippen molar-refractivity contribution in [3.8, 4) is 0 Å². The number of carbonyl (C=O) groups excluding carboxylic acids is 1. The summed E-state index contributed by atoms with van der Waals surface area (Å²) >= 11 is 1.81. The van der Waals surface area contributed by atoms with Gasteiger partial charge in [0.2, 0.25) is 6.08 Å². The largest absolute Gasteiger partial charge is 0.235 e. The topological polar surface area (TPSA) is 29.4 Å². The molecule has 2 nitrogen and oxygen atoms in total. The van der Waals surface area contributed by atoms with Gasteiger partial charge in [-0.15, -0.1) is 0 Å². The minimum absolute atomic E-state index is 0.257. The molecule has 0 aliphatic heterocycles. The van der Waals surface area contributed by atoms with E-state index in [4.69, 9.17) is 0 Å². The van der Waals surface area contributed by atoms with Gasteiger partial charge >= 0.3 is 0 Å². The number of aliphatic imine (C=N–C) groups is 1. The third-order valence-corrected chi connectivity index (χ3v) is 3.09. The molecule has 0 N–H and O–H groups in total. The Labute approximate surface area is 65.1 Å². The molecule has 0 aromatic heterocycles. The Morgan fingerprint density at radius 2 is 2.40 bits per heavy atom. The summed E-state index contributed by atoms with van der Waals surface area (Å²) < 4.78 is 0. The smallest absolute Gasteiger partial charge is 0.211 e. The van der Waals surface area contributed by atoms with Crippen LogP contribution in [0.3, 0.4) is 0 Å². The summed E-state index contributed by atoms with van der Waals surface area (Å²) in [6.07, 6.45) is 7.19. The molecule has 56 valence electrons. The Balaban J connectivity index is 2.49. The van der Waals surface area contributed by atoms with Crippen LogP contribution in [0, 0.1) is 0 Å². The van der Waals surface area contributed by atoms with Gasteiger partial charge in [0.15, 0.2) is 0 Å². The highest BCUT2D eigenvalue weighted by Gasteiger charge is 2.25. The van der Waals surface area contributed by atoms with Crippen LogP contribution < -0.4 is 0 Å². The number of thioether (sulfide) groups is 1. The summed E-state index contributed by atoms with van der Waals surface area (Å²) in [5.74, 6) is 0. The minimum Gasteiger partial charge on any atom is -0.211 e. The number of hydrogen-bond donors (Lipinski definition) is 0. The van der Waals surface area contributed by atoms with Gasteiger partial charge in [-0.25, -0.2) is 9.79 Å².